The maximum atomic E-state index is 13.2. The number of hydrogen-bond donors (Lipinski definition) is 1. The Hall–Kier alpha value is -1.13. The van der Waals surface area contributed by atoms with Gasteiger partial charge in [-0.1, -0.05) is 0 Å². The van der Waals surface area contributed by atoms with Crippen LogP contribution in [0.15, 0.2) is 18.2 Å². The third-order valence-corrected chi connectivity index (χ3v) is 3.19. The molecule has 1 aliphatic rings. The Labute approximate surface area is 100 Å². The highest BCUT2D eigenvalue weighted by atomic mass is 19.1. The van der Waals surface area contributed by atoms with E-state index in [-0.39, 0.29) is 17.8 Å². The van der Waals surface area contributed by atoms with Crippen molar-refractivity contribution >= 4 is 0 Å². The molecule has 17 heavy (non-hydrogen) atoms. The lowest BCUT2D eigenvalue weighted by atomic mass is 9.93. The van der Waals surface area contributed by atoms with E-state index >= 15 is 0 Å². The summed E-state index contributed by atoms with van der Waals surface area (Å²) < 4.78 is 23.8. The molecule has 0 spiro atoms. The Morgan fingerprint density at radius 2 is 2.29 bits per heavy atom. The van der Waals surface area contributed by atoms with Crippen LogP contribution in [0, 0.1) is 11.7 Å². The van der Waals surface area contributed by atoms with E-state index in [1.54, 1.807) is 0 Å². The minimum Gasteiger partial charge on any atom is -0.496 e. The molecule has 1 fully saturated rings. The van der Waals surface area contributed by atoms with Crippen molar-refractivity contribution in [3.63, 3.8) is 0 Å². The van der Waals surface area contributed by atoms with Crippen molar-refractivity contribution in [3.8, 4) is 5.75 Å². The summed E-state index contributed by atoms with van der Waals surface area (Å²) in [5.74, 6) is 0.144. The Kier molecular flexibility index (Phi) is 3.64. The number of methoxy groups -OCH3 is 1. The van der Waals surface area contributed by atoms with Gasteiger partial charge in [-0.15, -0.1) is 0 Å². The van der Waals surface area contributed by atoms with Gasteiger partial charge in [0.25, 0.3) is 0 Å². The molecule has 0 bridgehead atoms. The highest BCUT2D eigenvalue weighted by Crippen LogP contribution is 2.36. The number of ether oxygens (including phenoxy) is 2. The van der Waals surface area contributed by atoms with Crippen LogP contribution in [0.5, 0.6) is 5.75 Å². The molecule has 1 aromatic rings. The molecule has 1 aliphatic heterocycles. The SMILES string of the molecule is COc1ccc(F)cc1C(O)C1COC(C)C1. The standard InChI is InChI=1S/C13H17FO3/c1-8-5-9(7-17-8)13(15)11-6-10(14)3-4-12(11)16-2/h3-4,6,8-9,13,15H,5,7H2,1-2H3. The van der Waals surface area contributed by atoms with Gasteiger partial charge in [-0.2, -0.15) is 0 Å². The van der Waals surface area contributed by atoms with Crippen molar-refractivity contribution in [2.45, 2.75) is 25.6 Å². The highest BCUT2D eigenvalue weighted by Gasteiger charge is 2.31. The molecule has 0 aromatic heterocycles. The summed E-state index contributed by atoms with van der Waals surface area (Å²) in [6, 6.07) is 4.18. The van der Waals surface area contributed by atoms with E-state index in [1.807, 2.05) is 6.92 Å². The fourth-order valence-electron chi connectivity index (χ4n) is 2.26. The summed E-state index contributed by atoms with van der Waals surface area (Å²) in [5.41, 5.74) is 0.496. The molecule has 3 atom stereocenters. The zero-order chi connectivity index (χ0) is 12.4. The molecule has 94 valence electrons. The van der Waals surface area contributed by atoms with E-state index in [1.165, 1.54) is 25.3 Å². The van der Waals surface area contributed by atoms with Crippen LogP contribution < -0.4 is 4.74 Å². The molecule has 3 nitrogen and oxygen atoms in total. The monoisotopic (exact) mass is 240 g/mol. The van der Waals surface area contributed by atoms with Crippen LogP contribution in [0.4, 0.5) is 4.39 Å². The molecule has 0 aliphatic carbocycles. The van der Waals surface area contributed by atoms with Gasteiger partial charge in [-0.25, -0.2) is 4.39 Å². The van der Waals surface area contributed by atoms with Gasteiger partial charge in [0.15, 0.2) is 0 Å². The minimum atomic E-state index is -0.745. The number of halogens is 1. The third-order valence-electron chi connectivity index (χ3n) is 3.19. The first-order valence-corrected chi connectivity index (χ1v) is 5.75. The van der Waals surface area contributed by atoms with E-state index < -0.39 is 6.10 Å². The van der Waals surface area contributed by atoms with E-state index in [0.29, 0.717) is 17.9 Å². The number of benzene rings is 1. The lowest BCUT2D eigenvalue weighted by Gasteiger charge is -2.19. The second-order valence-electron chi connectivity index (χ2n) is 4.47. The van der Waals surface area contributed by atoms with Crippen molar-refractivity contribution in [3.05, 3.63) is 29.6 Å². The first kappa shape index (κ1) is 12.3. The number of rotatable bonds is 3. The summed E-state index contributed by atoms with van der Waals surface area (Å²) in [7, 11) is 1.51. The summed E-state index contributed by atoms with van der Waals surface area (Å²) in [4.78, 5) is 0. The van der Waals surface area contributed by atoms with Gasteiger partial charge >= 0.3 is 0 Å². The van der Waals surface area contributed by atoms with E-state index in [9.17, 15) is 9.50 Å². The Bertz CT molecular complexity index is 394. The van der Waals surface area contributed by atoms with Crippen molar-refractivity contribution in [2.24, 2.45) is 5.92 Å². The second-order valence-corrected chi connectivity index (χ2v) is 4.47. The molecular weight excluding hydrogens is 223 g/mol. The van der Waals surface area contributed by atoms with Crippen LogP contribution in [0.2, 0.25) is 0 Å². The molecule has 4 heteroatoms. The summed E-state index contributed by atoms with van der Waals surface area (Å²) in [6.45, 7) is 2.47. The van der Waals surface area contributed by atoms with Crippen LogP contribution in [-0.2, 0) is 4.74 Å². The predicted molar refractivity (Wildman–Crippen MR) is 61.4 cm³/mol. The second kappa shape index (κ2) is 5.02. The Balaban J connectivity index is 2.23. The molecule has 1 heterocycles. The van der Waals surface area contributed by atoms with Crippen LogP contribution in [0.25, 0.3) is 0 Å². The van der Waals surface area contributed by atoms with Gasteiger partial charge in [-0.05, 0) is 31.5 Å². The predicted octanol–water partition coefficient (Wildman–Crippen LogP) is 2.29. The summed E-state index contributed by atoms with van der Waals surface area (Å²) in [6.07, 6.45) is 0.181. The topological polar surface area (TPSA) is 38.7 Å². The van der Waals surface area contributed by atoms with Gasteiger partial charge in [0.2, 0.25) is 0 Å². The average molecular weight is 240 g/mol. The molecule has 0 amide bonds. The van der Waals surface area contributed by atoms with Crippen LogP contribution >= 0.6 is 0 Å². The third kappa shape index (κ3) is 2.58. The molecule has 1 aromatic carbocycles. The number of aliphatic hydroxyl groups excluding tert-OH is 1. The van der Waals surface area contributed by atoms with Crippen LogP contribution in [0.3, 0.4) is 0 Å². The summed E-state index contributed by atoms with van der Waals surface area (Å²) in [5, 5.41) is 10.2. The van der Waals surface area contributed by atoms with E-state index in [2.05, 4.69) is 0 Å². The summed E-state index contributed by atoms with van der Waals surface area (Å²) >= 11 is 0. The zero-order valence-electron chi connectivity index (χ0n) is 10.0. The van der Waals surface area contributed by atoms with Gasteiger partial charge in [0, 0.05) is 11.5 Å². The van der Waals surface area contributed by atoms with E-state index in [4.69, 9.17) is 9.47 Å². The number of hydrogen-bond acceptors (Lipinski definition) is 3. The van der Waals surface area contributed by atoms with Crippen LogP contribution in [-0.4, -0.2) is 24.9 Å². The van der Waals surface area contributed by atoms with Crippen molar-refractivity contribution in [2.75, 3.05) is 13.7 Å². The lowest BCUT2D eigenvalue weighted by Crippen LogP contribution is -2.14. The van der Waals surface area contributed by atoms with Gasteiger partial charge in [0.05, 0.1) is 25.9 Å². The average Bonchev–Trinajstić information content (AvgIpc) is 2.75. The van der Waals surface area contributed by atoms with Crippen LogP contribution in [0.1, 0.15) is 25.0 Å². The van der Waals surface area contributed by atoms with E-state index in [0.717, 1.165) is 6.42 Å². The number of aliphatic hydroxyl groups is 1. The fraction of sp³-hybridized carbons (Fsp3) is 0.538. The van der Waals surface area contributed by atoms with Gasteiger partial charge in [-0.3, -0.25) is 0 Å². The van der Waals surface area contributed by atoms with Gasteiger partial charge in [0.1, 0.15) is 11.6 Å². The zero-order valence-corrected chi connectivity index (χ0v) is 10.0. The first-order valence-electron chi connectivity index (χ1n) is 5.75. The largest absolute Gasteiger partial charge is 0.496 e. The quantitative estimate of drug-likeness (QED) is 0.881. The molecule has 0 radical (unpaired) electrons. The lowest BCUT2D eigenvalue weighted by molar-refractivity contribution is 0.0788. The van der Waals surface area contributed by atoms with Gasteiger partial charge < -0.3 is 14.6 Å². The van der Waals surface area contributed by atoms with Crippen molar-refractivity contribution in [1.29, 1.82) is 0 Å². The maximum Gasteiger partial charge on any atom is 0.124 e. The molecule has 3 unspecified atom stereocenters. The first-order chi connectivity index (χ1) is 8.11. The normalized spacial score (nSPS) is 25.9. The molecule has 1 N–H and O–H groups in total. The molecule has 2 rings (SSSR count). The Morgan fingerprint density at radius 1 is 1.53 bits per heavy atom. The maximum absolute atomic E-state index is 13.2. The molecular formula is C13H17FO3. The Morgan fingerprint density at radius 3 is 2.88 bits per heavy atom. The van der Waals surface area contributed by atoms with Crippen molar-refractivity contribution in [1.82, 2.24) is 0 Å². The highest BCUT2D eigenvalue weighted by molar-refractivity contribution is 5.36. The fourth-order valence-corrected chi connectivity index (χ4v) is 2.26. The molecule has 0 saturated carbocycles. The molecule has 1 saturated heterocycles. The minimum absolute atomic E-state index is 0.000648. The van der Waals surface area contributed by atoms with Crippen molar-refractivity contribution < 1.29 is 19.0 Å². The smallest absolute Gasteiger partial charge is 0.124 e.